The third-order valence-corrected chi connectivity index (χ3v) is 8.41. The van der Waals surface area contributed by atoms with Gasteiger partial charge in [-0.25, -0.2) is 14.6 Å². The summed E-state index contributed by atoms with van der Waals surface area (Å²) >= 11 is 0. The van der Waals surface area contributed by atoms with Gasteiger partial charge in [-0.2, -0.15) is 13.2 Å². The molecule has 1 unspecified atom stereocenters. The second-order valence-electron chi connectivity index (χ2n) is 11.4. The number of alkyl halides is 3. The molecule has 0 aliphatic carbocycles. The number of hydrogen-bond acceptors (Lipinski definition) is 6. The summed E-state index contributed by atoms with van der Waals surface area (Å²) in [6.07, 6.45) is -7.00. The smallest absolute Gasteiger partial charge is 0.418 e. The number of hydrogen-bond donors (Lipinski definition) is 1. The highest BCUT2D eigenvalue weighted by Gasteiger charge is 2.43. The first kappa shape index (κ1) is 34.1. The number of ether oxygens (including phenoxy) is 3. The summed E-state index contributed by atoms with van der Waals surface area (Å²) < 4.78 is 59.1. The minimum absolute atomic E-state index is 0.0181. The molecule has 0 fully saturated rings. The molecule has 0 bridgehead atoms. The average molecular weight is 657 g/mol. The van der Waals surface area contributed by atoms with E-state index >= 15 is 0 Å². The van der Waals surface area contributed by atoms with Crippen LogP contribution in [0.3, 0.4) is 0 Å². The minimum atomic E-state index is -4.74. The molecule has 0 spiro atoms. The van der Waals surface area contributed by atoms with Gasteiger partial charge in [-0.15, -0.1) is 0 Å². The molecule has 1 atom stereocenters. The van der Waals surface area contributed by atoms with Gasteiger partial charge in [-0.1, -0.05) is 84.9 Å². The third-order valence-electron chi connectivity index (χ3n) is 8.41. The molecule has 1 N–H and O–H groups in total. The van der Waals surface area contributed by atoms with Crippen LogP contribution in [0.1, 0.15) is 69.5 Å². The van der Waals surface area contributed by atoms with Gasteiger partial charge in [-0.05, 0) is 72.2 Å². The maximum atomic E-state index is 14.3. The SMILES string of the molecule is COC(c1ccccc1C(=C1N=C(C(=O)OCc2ccccc2)C(C)=C1C)c1[nH]c(C(=O)OCc2ccccc2)c(C)c1C)C(F)(F)F. The molecule has 0 saturated carbocycles. The number of nitrogens with zero attached hydrogens (tertiary/aromatic N) is 1. The van der Waals surface area contributed by atoms with Crippen molar-refractivity contribution in [3.8, 4) is 0 Å². The fraction of sp³-hybridized carbons (Fsp3) is 0.237. The highest BCUT2D eigenvalue weighted by atomic mass is 19.4. The molecule has 48 heavy (non-hydrogen) atoms. The van der Waals surface area contributed by atoms with Crippen LogP contribution in [0.4, 0.5) is 13.2 Å². The van der Waals surface area contributed by atoms with Crippen molar-refractivity contribution in [2.45, 2.75) is 53.2 Å². The van der Waals surface area contributed by atoms with Crippen molar-refractivity contribution in [3.05, 3.63) is 147 Å². The number of H-pyrrole nitrogens is 1. The van der Waals surface area contributed by atoms with Gasteiger partial charge >= 0.3 is 18.1 Å². The van der Waals surface area contributed by atoms with E-state index in [4.69, 9.17) is 19.2 Å². The Morgan fingerprint density at radius 3 is 1.81 bits per heavy atom. The number of aromatic amines is 1. The first-order valence-corrected chi connectivity index (χ1v) is 15.2. The monoisotopic (exact) mass is 656 g/mol. The zero-order valence-electron chi connectivity index (χ0n) is 27.2. The molecule has 1 aliphatic heterocycles. The molecule has 2 heterocycles. The lowest BCUT2D eigenvalue weighted by atomic mass is 9.89. The Bertz CT molecular complexity index is 1920. The van der Waals surface area contributed by atoms with Crippen LogP contribution in [0.15, 0.2) is 107 Å². The molecule has 5 rings (SSSR count). The van der Waals surface area contributed by atoms with E-state index < -0.39 is 24.2 Å². The van der Waals surface area contributed by atoms with Crippen LogP contribution in [-0.2, 0) is 32.2 Å². The summed E-state index contributed by atoms with van der Waals surface area (Å²) in [6, 6.07) is 24.3. The second kappa shape index (κ2) is 14.3. The molecular formula is C38H35F3N2O5. The van der Waals surface area contributed by atoms with Gasteiger partial charge in [0.25, 0.3) is 0 Å². The van der Waals surface area contributed by atoms with E-state index in [1.54, 1.807) is 39.8 Å². The molecule has 4 aromatic rings. The fourth-order valence-corrected chi connectivity index (χ4v) is 5.58. The molecule has 0 saturated heterocycles. The first-order valence-electron chi connectivity index (χ1n) is 15.2. The summed E-state index contributed by atoms with van der Waals surface area (Å²) in [5.41, 5.74) is 4.89. The summed E-state index contributed by atoms with van der Waals surface area (Å²) in [4.78, 5) is 34.5. The molecule has 3 aromatic carbocycles. The van der Waals surface area contributed by atoms with Gasteiger partial charge in [0.2, 0.25) is 0 Å². The van der Waals surface area contributed by atoms with Crippen molar-refractivity contribution in [1.82, 2.24) is 4.98 Å². The lowest BCUT2D eigenvalue weighted by Crippen LogP contribution is -2.23. The van der Waals surface area contributed by atoms with Crippen molar-refractivity contribution >= 4 is 23.2 Å². The number of methoxy groups -OCH3 is 1. The van der Waals surface area contributed by atoms with Gasteiger partial charge in [-0.3, -0.25) is 0 Å². The fourth-order valence-electron chi connectivity index (χ4n) is 5.58. The Morgan fingerprint density at radius 1 is 0.729 bits per heavy atom. The second-order valence-corrected chi connectivity index (χ2v) is 11.4. The Morgan fingerprint density at radius 2 is 1.25 bits per heavy atom. The third kappa shape index (κ3) is 7.03. The van der Waals surface area contributed by atoms with Gasteiger partial charge in [0, 0.05) is 12.7 Å². The number of rotatable bonds is 10. The zero-order chi connectivity index (χ0) is 34.6. The molecule has 10 heteroatoms. The Labute approximate surface area is 276 Å². The first-order chi connectivity index (χ1) is 22.9. The Hall–Kier alpha value is -5.22. The van der Waals surface area contributed by atoms with E-state index in [-0.39, 0.29) is 47.0 Å². The van der Waals surface area contributed by atoms with Crippen LogP contribution in [-0.4, -0.2) is 35.9 Å². The van der Waals surface area contributed by atoms with Gasteiger partial charge < -0.3 is 19.2 Å². The molecule has 0 radical (unpaired) electrons. The maximum absolute atomic E-state index is 14.3. The number of halogens is 3. The van der Waals surface area contributed by atoms with E-state index in [0.29, 0.717) is 28.0 Å². The average Bonchev–Trinajstić information content (AvgIpc) is 3.54. The van der Waals surface area contributed by atoms with E-state index in [1.165, 1.54) is 12.1 Å². The number of aromatic nitrogens is 1. The molecule has 1 aromatic heterocycles. The van der Waals surface area contributed by atoms with E-state index in [2.05, 4.69) is 4.98 Å². The predicted octanol–water partition coefficient (Wildman–Crippen LogP) is 8.53. The van der Waals surface area contributed by atoms with Crippen LogP contribution in [0.5, 0.6) is 0 Å². The van der Waals surface area contributed by atoms with Crippen LogP contribution in [0.25, 0.3) is 5.57 Å². The molecule has 7 nitrogen and oxygen atoms in total. The van der Waals surface area contributed by atoms with Gasteiger partial charge in [0.05, 0.1) is 11.4 Å². The van der Waals surface area contributed by atoms with Crippen LogP contribution in [0, 0.1) is 13.8 Å². The van der Waals surface area contributed by atoms with Gasteiger partial charge in [0.1, 0.15) is 18.9 Å². The number of benzene rings is 3. The number of allylic oxidation sites excluding steroid dienone is 1. The summed E-state index contributed by atoms with van der Waals surface area (Å²) in [5.74, 6) is -1.30. The van der Waals surface area contributed by atoms with Crippen LogP contribution >= 0.6 is 0 Å². The number of esters is 2. The van der Waals surface area contributed by atoms with Crippen LogP contribution in [0.2, 0.25) is 0 Å². The van der Waals surface area contributed by atoms with Crippen molar-refractivity contribution in [2.75, 3.05) is 7.11 Å². The van der Waals surface area contributed by atoms with E-state index in [9.17, 15) is 22.8 Å². The standard InChI is InChI=1S/C38H35F3N2O5/c1-22-24(3)33(36(44)47-20-26-14-8-6-9-15-26)42-31(22)30(28-18-12-13-19-29(28)35(46-5)38(39,40)41)32-23(2)25(4)34(43-32)37(45)48-21-27-16-10-7-11-17-27/h6-19,35,42H,20-21H2,1-5H3. The largest absolute Gasteiger partial charge is 0.456 e. The number of aliphatic imine (C=N–C) groups is 1. The molecular weight excluding hydrogens is 621 g/mol. The minimum Gasteiger partial charge on any atom is -0.456 e. The normalized spacial score (nSPS) is 14.9. The van der Waals surface area contributed by atoms with Gasteiger partial charge in [0.15, 0.2) is 11.8 Å². The zero-order valence-corrected chi connectivity index (χ0v) is 27.2. The highest BCUT2D eigenvalue weighted by molar-refractivity contribution is 6.44. The summed E-state index contributed by atoms with van der Waals surface area (Å²) in [5, 5.41) is 0. The van der Waals surface area contributed by atoms with E-state index in [0.717, 1.165) is 18.2 Å². The Balaban J connectivity index is 1.66. The maximum Gasteiger partial charge on any atom is 0.418 e. The number of carbonyl (C=O) groups is 2. The molecule has 1 aliphatic rings. The topological polar surface area (TPSA) is 90.0 Å². The van der Waals surface area contributed by atoms with Crippen molar-refractivity contribution in [2.24, 2.45) is 4.99 Å². The predicted molar refractivity (Wildman–Crippen MR) is 176 cm³/mol. The molecule has 0 amide bonds. The summed E-state index contributed by atoms with van der Waals surface area (Å²) in [7, 11) is 0.997. The van der Waals surface area contributed by atoms with Crippen molar-refractivity contribution < 1.29 is 37.0 Å². The van der Waals surface area contributed by atoms with Crippen molar-refractivity contribution in [3.63, 3.8) is 0 Å². The lowest BCUT2D eigenvalue weighted by molar-refractivity contribution is -0.216. The highest BCUT2D eigenvalue weighted by Crippen LogP contribution is 2.44. The number of carbonyl (C=O) groups excluding carboxylic acids is 2. The summed E-state index contributed by atoms with van der Waals surface area (Å²) in [6.45, 7) is 6.99. The molecule has 248 valence electrons. The quantitative estimate of drug-likeness (QED) is 0.173. The van der Waals surface area contributed by atoms with Crippen molar-refractivity contribution in [1.29, 1.82) is 0 Å². The number of nitrogens with one attached hydrogen (secondary N) is 1. The van der Waals surface area contributed by atoms with Crippen LogP contribution < -0.4 is 0 Å². The Kier molecular flexibility index (Phi) is 10.1. The van der Waals surface area contributed by atoms with E-state index in [1.807, 2.05) is 60.7 Å². The lowest BCUT2D eigenvalue weighted by Gasteiger charge is -2.23.